The van der Waals surface area contributed by atoms with E-state index in [0.717, 1.165) is 19.0 Å². The van der Waals surface area contributed by atoms with Gasteiger partial charge in [-0.3, -0.25) is 0 Å². The van der Waals surface area contributed by atoms with Gasteiger partial charge in [-0.2, -0.15) is 0 Å². The highest BCUT2D eigenvalue weighted by Gasteiger charge is 2.28. The van der Waals surface area contributed by atoms with Crippen molar-refractivity contribution >= 4 is 28.3 Å². The van der Waals surface area contributed by atoms with Gasteiger partial charge in [-0.15, -0.1) is 0 Å². The van der Waals surface area contributed by atoms with Gasteiger partial charge in [0.15, 0.2) is 0 Å². The van der Waals surface area contributed by atoms with Gasteiger partial charge in [0.2, 0.25) is 0 Å². The molecule has 0 spiro atoms. The SMILES string of the molecule is CCC1CNC(CC(C)C)CN1c1ccccc1I. The highest BCUT2D eigenvalue weighted by atomic mass is 127. The molecule has 3 heteroatoms. The number of rotatable bonds is 4. The molecule has 2 rings (SSSR count). The fraction of sp³-hybridized carbons (Fsp3) is 0.625. The Labute approximate surface area is 131 Å². The van der Waals surface area contributed by atoms with Crippen molar-refractivity contribution in [3.8, 4) is 0 Å². The molecule has 1 aromatic carbocycles. The largest absolute Gasteiger partial charge is 0.365 e. The van der Waals surface area contributed by atoms with E-state index in [-0.39, 0.29) is 0 Å². The van der Waals surface area contributed by atoms with Gasteiger partial charge in [-0.1, -0.05) is 32.9 Å². The summed E-state index contributed by atoms with van der Waals surface area (Å²) in [4.78, 5) is 2.62. The van der Waals surface area contributed by atoms with Gasteiger partial charge in [-0.05, 0) is 53.5 Å². The molecule has 0 aliphatic carbocycles. The first kappa shape index (κ1) is 15.1. The van der Waals surface area contributed by atoms with E-state index < -0.39 is 0 Å². The van der Waals surface area contributed by atoms with Crippen LogP contribution in [-0.4, -0.2) is 25.2 Å². The molecule has 1 fully saturated rings. The molecule has 0 amide bonds. The second-order valence-corrected chi connectivity index (χ2v) is 7.06. The van der Waals surface area contributed by atoms with Gasteiger partial charge in [-0.25, -0.2) is 0 Å². The molecule has 2 unspecified atom stereocenters. The van der Waals surface area contributed by atoms with Crippen LogP contribution in [0.1, 0.15) is 33.6 Å². The van der Waals surface area contributed by atoms with Gasteiger partial charge in [0, 0.05) is 28.7 Å². The molecule has 0 radical (unpaired) electrons. The first-order valence-electron chi connectivity index (χ1n) is 7.36. The van der Waals surface area contributed by atoms with Crippen LogP contribution in [0.25, 0.3) is 0 Å². The number of halogens is 1. The van der Waals surface area contributed by atoms with Crippen molar-refractivity contribution in [2.45, 2.75) is 45.7 Å². The maximum atomic E-state index is 3.73. The van der Waals surface area contributed by atoms with Crippen molar-refractivity contribution in [2.24, 2.45) is 5.92 Å². The Hall–Kier alpha value is -0.290. The smallest absolute Gasteiger partial charge is 0.0505 e. The fourth-order valence-corrected chi connectivity index (χ4v) is 3.63. The molecule has 2 nitrogen and oxygen atoms in total. The topological polar surface area (TPSA) is 15.3 Å². The van der Waals surface area contributed by atoms with Crippen LogP contribution >= 0.6 is 22.6 Å². The average molecular weight is 372 g/mol. The predicted octanol–water partition coefficient (Wildman–Crippen LogP) is 3.89. The Bertz CT molecular complexity index is 405. The van der Waals surface area contributed by atoms with Crippen LogP contribution in [0.2, 0.25) is 0 Å². The van der Waals surface area contributed by atoms with Crippen molar-refractivity contribution in [1.82, 2.24) is 5.32 Å². The van der Waals surface area contributed by atoms with E-state index in [4.69, 9.17) is 0 Å². The molecular weight excluding hydrogens is 347 g/mol. The summed E-state index contributed by atoms with van der Waals surface area (Å²) in [5.74, 6) is 0.757. The molecule has 1 aliphatic heterocycles. The molecule has 1 aromatic rings. The normalized spacial score (nSPS) is 23.9. The molecule has 19 heavy (non-hydrogen) atoms. The van der Waals surface area contributed by atoms with Crippen LogP contribution in [0.3, 0.4) is 0 Å². The van der Waals surface area contributed by atoms with Gasteiger partial charge >= 0.3 is 0 Å². The zero-order valence-corrected chi connectivity index (χ0v) is 14.4. The molecule has 1 saturated heterocycles. The minimum absolute atomic E-state index is 0.624. The van der Waals surface area contributed by atoms with Crippen LogP contribution in [0.5, 0.6) is 0 Å². The third-order valence-corrected chi connectivity index (χ3v) is 4.80. The van der Waals surface area contributed by atoms with Crippen molar-refractivity contribution in [2.75, 3.05) is 18.0 Å². The Morgan fingerprint density at radius 2 is 2.11 bits per heavy atom. The number of hydrogen-bond donors (Lipinski definition) is 1. The summed E-state index contributed by atoms with van der Waals surface area (Å²) in [6.45, 7) is 9.15. The van der Waals surface area contributed by atoms with E-state index in [0.29, 0.717) is 12.1 Å². The zero-order valence-electron chi connectivity index (χ0n) is 12.2. The van der Waals surface area contributed by atoms with Crippen LogP contribution < -0.4 is 10.2 Å². The lowest BCUT2D eigenvalue weighted by atomic mass is 9.98. The molecule has 1 N–H and O–H groups in total. The van der Waals surface area contributed by atoms with Gasteiger partial charge in [0.05, 0.1) is 5.69 Å². The predicted molar refractivity (Wildman–Crippen MR) is 91.8 cm³/mol. The number of para-hydroxylation sites is 1. The summed E-state index contributed by atoms with van der Waals surface area (Å²) in [6.07, 6.45) is 2.46. The average Bonchev–Trinajstić information content (AvgIpc) is 2.38. The molecule has 0 bridgehead atoms. The van der Waals surface area contributed by atoms with Gasteiger partial charge in [0.1, 0.15) is 0 Å². The number of hydrogen-bond acceptors (Lipinski definition) is 2. The van der Waals surface area contributed by atoms with Crippen LogP contribution in [0, 0.1) is 9.49 Å². The molecular formula is C16H25IN2. The highest BCUT2D eigenvalue weighted by Crippen LogP contribution is 2.27. The van der Waals surface area contributed by atoms with E-state index in [1.165, 1.54) is 22.1 Å². The number of piperazine rings is 1. The van der Waals surface area contributed by atoms with E-state index >= 15 is 0 Å². The maximum absolute atomic E-state index is 3.73. The molecule has 1 aliphatic rings. The van der Waals surface area contributed by atoms with Crippen LogP contribution in [-0.2, 0) is 0 Å². The van der Waals surface area contributed by atoms with Crippen molar-refractivity contribution < 1.29 is 0 Å². The maximum Gasteiger partial charge on any atom is 0.0505 e. The third-order valence-electron chi connectivity index (χ3n) is 3.89. The van der Waals surface area contributed by atoms with Crippen molar-refractivity contribution in [3.63, 3.8) is 0 Å². The Balaban J connectivity index is 2.16. The summed E-state index contributed by atoms with van der Waals surface area (Å²) in [5.41, 5.74) is 1.41. The molecule has 2 atom stereocenters. The quantitative estimate of drug-likeness (QED) is 0.807. The summed E-state index contributed by atoms with van der Waals surface area (Å²) < 4.78 is 1.36. The molecule has 106 valence electrons. The monoisotopic (exact) mass is 372 g/mol. The van der Waals surface area contributed by atoms with E-state index in [2.05, 4.69) is 77.8 Å². The van der Waals surface area contributed by atoms with Crippen LogP contribution in [0.4, 0.5) is 5.69 Å². The zero-order chi connectivity index (χ0) is 13.8. The van der Waals surface area contributed by atoms with Crippen molar-refractivity contribution in [3.05, 3.63) is 27.8 Å². The fourth-order valence-electron chi connectivity index (χ4n) is 2.94. The Kier molecular flexibility index (Phi) is 5.51. The number of anilines is 1. The van der Waals surface area contributed by atoms with Crippen LogP contribution in [0.15, 0.2) is 24.3 Å². The van der Waals surface area contributed by atoms with E-state index in [9.17, 15) is 0 Å². The molecule has 0 saturated carbocycles. The van der Waals surface area contributed by atoms with Gasteiger partial charge in [0.25, 0.3) is 0 Å². The van der Waals surface area contributed by atoms with Crippen molar-refractivity contribution in [1.29, 1.82) is 0 Å². The summed E-state index contributed by atoms with van der Waals surface area (Å²) in [7, 11) is 0. The minimum atomic E-state index is 0.624. The number of nitrogens with one attached hydrogen (secondary N) is 1. The van der Waals surface area contributed by atoms with E-state index in [1.54, 1.807) is 0 Å². The number of nitrogens with zero attached hydrogens (tertiary/aromatic N) is 1. The Morgan fingerprint density at radius 1 is 1.37 bits per heavy atom. The second-order valence-electron chi connectivity index (χ2n) is 5.90. The lowest BCUT2D eigenvalue weighted by Crippen LogP contribution is -2.57. The summed E-state index contributed by atoms with van der Waals surface area (Å²) in [6, 6.07) is 10.0. The molecule has 1 heterocycles. The van der Waals surface area contributed by atoms with Gasteiger partial charge < -0.3 is 10.2 Å². The third kappa shape index (κ3) is 3.85. The summed E-state index contributed by atoms with van der Waals surface area (Å²) >= 11 is 2.46. The lowest BCUT2D eigenvalue weighted by Gasteiger charge is -2.42. The molecule has 0 aromatic heterocycles. The highest BCUT2D eigenvalue weighted by molar-refractivity contribution is 14.1. The standard InChI is InChI=1S/C16H25IN2/c1-4-14-10-18-13(9-12(2)3)11-19(14)16-8-6-5-7-15(16)17/h5-8,12-14,18H,4,9-11H2,1-3H3. The first-order valence-corrected chi connectivity index (χ1v) is 8.44. The second kappa shape index (κ2) is 6.93. The minimum Gasteiger partial charge on any atom is -0.365 e. The Morgan fingerprint density at radius 3 is 2.74 bits per heavy atom. The lowest BCUT2D eigenvalue weighted by molar-refractivity contribution is 0.343. The summed E-state index contributed by atoms with van der Waals surface area (Å²) in [5, 5.41) is 3.73. The first-order chi connectivity index (χ1) is 9.11. The van der Waals surface area contributed by atoms with E-state index in [1.807, 2.05) is 0 Å². The number of benzene rings is 1.